The van der Waals surface area contributed by atoms with Gasteiger partial charge in [-0.1, -0.05) is 58.0 Å². The number of hydrogen-bond donors (Lipinski definition) is 2. The minimum atomic E-state index is -0.589. The average molecular weight is 403 g/mol. The van der Waals surface area contributed by atoms with Gasteiger partial charge in [-0.3, -0.25) is 20.1 Å². The fraction of sp³-hybridized carbons (Fsp3) is 0.320. The second-order valence-corrected chi connectivity index (χ2v) is 8.00. The van der Waals surface area contributed by atoms with Crippen molar-refractivity contribution in [2.45, 2.75) is 52.1 Å². The first-order chi connectivity index (χ1) is 14.5. The molecule has 1 unspecified atom stereocenters. The lowest BCUT2D eigenvalue weighted by Gasteiger charge is -2.23. The van der Waals surface area contributed by atoms with E-state index in [1.807, 2.05) is 36.4 Å². The first-order valence-corrected chi connectivity index (χ1v) is 10.4. The van der Waals surface area contributed by atoms with Crippen molar-refractivity contribution in [2.75, 3.05) is 5.32 Å². The van der Waals surface area contributed by atoms with Gasteiger partial charge in [0.05, 0.1) is 11.4 Å². The molecule has 5 heteroatoms. The fourth-order valence-electron chi connectivity index (χ4n) is 3.48. The number of nitrogens with one attached hydrogen (secondary N) is 2. The van der Waals surface area contributed by atoms with E-state index in [1.54, 1.807) is 12.4 Å². The summed E-state index contributed by atoms with van der Waals surface area (Å²) in [5.74, 6) is 0.474. The molecule has 3 aromatic rings. The van der Waals surface area contributed by atoms with E-state index >= 15 is 0 Å². The van der Waals surface area contributed by atoms with Gasteiger partial charge in [0, 0.05) is 24.6 Å². The van der Waals surface area contributed by atoms with Crippen molar-refractivity contribution in [1.82, 2.24) is 15.3 Å². The molecular weight excluding hydrogens is 372 g/mol. The SMILES string of the molecule is CC(C)c1cccc(C(C)C)c1NC(=O)C(NCc1ccccn1)c1ccccn1. The number of benzene rings is 1. The smallest absolute Gasteiger partial charge is 0.247 e. The van der Waals surface area contributed by atoms with Crippen LogP contribution in [0.1, 0.15) is 68.1 Å². The number of anilines is 1. The number of aromatic nitrogens is 2. The molecule has 30 heavy (non-hydrogen) atoms. The topological polar surface area (TPSA) is 66.9 Å². The molecule has 0 fully saturated rings. The van der Waals surface area contributed by atoms with Crippen LogP contribution in [0.15, 0.2) is 67.0 Å². The van der Waals surface area contributed by atoms with Crippen LogP contribution in [0, 0.1) is 0 Å². The van der Waals surface area contributed by atoms with E-state index in [9.17, 15) is 4.79 Å². The highest BCUT2D eigenvalue weighted by Gasteiger charge is 2.24. The number of amides is 1. The molecule has 1 amide bonds. The second kappa shape index (κ2) is 10.1. The normalized spacial score (nSPS) is 12.2. The van der Waals surface area contributed by atoms with E-state index in [0.29, 0.717) is 24.1 Å². The molecule has 0 spiro atoms. The molecular formula is C25H30N4O. The van der Waals surface area contributed by atoms with Crippen molar-refractivity contribution in [3.05, 3.63) is 89.5 Å². The summed E-state index contributed by atoms with van der Waals surface area (Å²) in [4.78, 5) is 22.2. The molecule has 0 radical (unpaired) electrons. The highest BCUT2D eigenvalue weighted by Crippen LogP contribution is 2.33. The molecule has 0 aliphatic carbocycles. The lowest BCUT2D eigenvalue weighted by atomic mass is 9.92. The summed E-state index contributed by atoms with van der Waals surface area (Å²) in [6.45, 7) is 9.04. The molecule has 0 aliphatic rings. The summed E-state index contributed by atoms with van der Waals surface area (Å²) in [5.41, 5.74) is 4.74. The Labute approximate surface area is 179 Å². The average Bonchev–Trinajstić information content (AvgIpc) is 2.75. The Morgan fingerprint density at radius 3 is 2.00 bits per heavy atom. The quantitative estimate of drug-likeness (QED) is 0.544. The van der Waals surface area contributed by atoms with Gasteiger partial charge in [0.25, 0.3) is 0 Å². The summed E-state index contributed by atoms with van der Waals surface area (Å²) in [6, 6.07) is 17.0. The highest BCUT2D eigenvalue weighted by atomic mass is 16.2. The van der Waals surface area contributed by atoms with Gasteiger partial charge in [0.2, 0.25) is 5.91 Å². The van der Waals surface area contributed by atoms with Crippen LogP contribution < -0.4 is 10.6 Å². The molecule has 156 valence electrons. The third kappa shape index (κ3) is 5.30. The lowest BCUT2D eigenvalue weighted by Crippen LogP contribution is -2.34. The zero-order valence-electron chi connectivity index (χ0n) is 18.1. The summed E-state index contributed by atoms with van der Waals surface area (Å²) in [6.07, 6.45) is 3.46. The molecule has 3 rings (SSSR count). The number of para-hydroxylation sites is 1. The van der Waals surface area contributed by atoms with Crippen LogP contribution in [0.2, 0.25) is 0 Å². The second-order valence-electron chi connectivity index (χ2n) is 8.00. The number of rotatable bonds is 8. The first-order valence-electron chi connectivity index (χ1n) is 10.4. The van der Waals surface area contributed by atoms with E-state index < -0.39 is 6.04 Å². The van der Waals surface area contributed by atoms with Crippen molar-refractivity contribution < 1.29 is 4.79 Å². The van der Waals surface area contributed by atoms with Crippen LogP contribution >= 0.6 is 0 Å². The predicted molar refractivity (Wildman–Crippen MR) is 121 cm³/mol. The molecule has 0 saturated carbocycles. The van der Waals surface area contributed by atoms with Gasteiger partial charge >= 0.3 is 0 Å². The summed E-state index contributed by atoms with van der Waals surface area (Å²) in [5, 5.41) is 6.55. The number of carbonyl (C=O) groups excluding carboxylic acids is 1. The van der Waals surface area contributed by atoms with Gasteiger partial charge in [-0.15, -0.1) is 0 Å². The third-order valence-electron chi connectivity index (χ3n) is 5.08. The van der Waals surface area contributed by atoms with Gasteiger partial charge in [-0.05, 0) is 47.2 Å². The Hall–Kier alpha value is -3.05. The van der Waals surface area contributed by atoms with Crippen LogP contribution in [-0.4, -0.2) is 15.9 Å². The molecule has 1 atom stereocenters. The van der Waals surface area contributed by atoms with Gasteiger partial charge < -0.3 is 5.32 Å². The first kappa shape index (κ1) is 21.7. The number of carbonyl (C=O) groups is 1. The Morgan fingerprint density at radius 2 is 1.47 bits per heavy atom. The maximum Gasteiger partial charge on any atom is 0.247 e. The minimum absolute atomic E-state index is 0.125. The van der Waals surface area contributed by atoms with Crippen LogP contribution in [0.3, 0.4) is 0 Å². The lowest BCUT2D eigenvalue weighted by molar-refractivity contribution is -0.118. The summed E-state index contributed by atoms with van der Waals surface area (Å²) in [7, 11) is 0. The number of pyridine rings is 2. The Kier molecular flexibility index (Phi) is 7.31. The van der Waals surface area contributed by atoms with Crippen molar-refractivity contribution in [2.24, 2.45) is 0 Å². The monoisotopic (exact) mass is 402 g/mol. The Balaban J connectivity index is 1.90. The zero-order valence-corrected chi connectivity index (χ0v) is 18.1. The molecule has 2 N–H and O–H groups in total. The summed E-state index contributed by atoms with van der Waals surface area (Å²) >= 11 is 0. The standard InChI is InChI=1S/C25H30N4O/c1-17(2)20-11-9-12-21(18(3)4)23(20)29-25(30)24(22-13-6-8-15-27-22)28-16-19-10-5-7-14-26-19/h5-15,17-18,24,28H,16H2,1-4H3,(H,29,30). The van der Waals surface area contributed by atoms with Crippen molar-refractivity contribution in [3.63, 3.8) is 0 Å². The minimum Gasteiger partial charge on any atom is -0.324 e. The van der Waals surface area contributed by atoms with E-state index in [1.165, 1.54) is 0 Å². The van der Waals surface area contributed by atoms with Crippen LogP contribution in [-0.2, 0) is 11.3 Å². The van der Waals surface area contributed by atoms with Gasteiger partial charge in [0.1, 0.15) is 6.04 Å². The Morgan fingerprint density at radius 1 is 0.833 bits per heavy atom. The maximum absolute atomic E-state index is 13.4. The van der Waals surface area contributed by atoms with Gasteiger partial charge in [-0.2, -0.15) is 0 Å². The van der Waals surface area contributed by atoms with Crippen molar-refractivity contribution >= 4 is 11.6 Å². The van der Waals surface area contributed by atoms with Crippen molar-refractivity contribution in [1.29, 1.82) is 0 Å². The zero-order chi connectivity index (χ0) is 21.5. The number of nitrogens with zero attached hydrogens (tertiary/aromatic N) is 2. The Bertz CT molecular complexity index is 929. The molecule has 2 aromatic heterocycles. The largest absolute Gasteiger partial charge is 0.324 e. The molecule has 1 aromatic carbocycles. The maximum atomic E-state index is 13.4. The molecule has 0 saturated heterocycles. The fourth-order valence-corrected chi connectivity index (χ4v) is 3.48. The third-order valence-corrected chi connectivity index (χ3v) is 5.08. The van der Waals surface area contributed by atoms with Crippen molar-refractivity contribution in [3.8, 4) is 0 Å². The van der Waals surface area contributed by atoms with Crippen LogP contribution in [0.4, 0.5) is 5.69 Å². The van der Waals surface area contributed by atoms with E-state index in [0.717, 1.165) is 22.5 Å². The molecule has 0 bridgehead atoms. The van der Waals surface area contributed by atoms with Crippen LogP contribution in [0.25, 0.3) is 0 Å². The van der Waals surface area contributed by atoms with Gasteiger partial charge in [0.15, 0.2) is 0 Å². The van der Waals surface area contributed by atoms with E-state index in [2.05, 4.69) is 66.5 Å². The number of hydrogen-bond acceptors (Lipinski definition) is 4. The van der Waals surface area contributed by atoms with E-state index in [-0.39, 0.29) is 5.91 Å². The van der Waals surface area contributed by atoms with Crippen LogP contribution in [0.5, 0.6) is 0 Å². The molecule has 5 nitrogen and oxygen atoms in total. The predicted octanol–water partition coefficient (Wildman–Crippen LogP) is 5.19. The molecule has 0 aliphatic heterocycles. The van der Waals surface area contributed by atoms with Gasteiger partial charge in [-0.25, -0.2) is 0 Å². The summed E-state index contributed by atoms with van der Waals surface area (Å²) < 4.78 is 0. The highest BCUT2D eigenvalue weighted by molar-refractivity contribution is 5.96. The molecule has 2 heterocycles. The van der Waals surface area contributed by atoms with E-state index in [4.69, 9.17) is 0 Å².